The lowest BCUT2D eigenvalue weighted by molar-refractivity contribution is -0.140. The average molecular weight is 292 g/mol. The van der Waals surface area contributed by atoms with Crippen LogP contribution in [0, 0.1) is 0 Å². The number of amides is 2. The first-order valence-electron chi connectivity index (χ1n) is 6.71. The van der Waals surface area contributed by atoms with E-state index < -0.39 is 0 Å². The number of methoxy groups -OCH3 is 1. The highest BCUT2D eigenvalue weighted by atomic mass is 16.5. The van der Waals surface area contributed by atoms with E-state index in [0.717, 1.165) is 0 Å². The quantitative estimate of drug-likeness (QED) is 0.645. The minimum atomic E-state index is -0.355. The maximum Gasteiger partial charge on any atom is 0.321 e. The Morgan fingerprint density at radius 3 is 2.29 bits per heavy atom. The van der Waals surface area contributed by atoms with Crippen LogP contribution in [0.15, 0.2) is 24.3 Å². The van der Waals surface area contributed by atoms with E-state index in [9.17, 15) is 14.4 Å². The van der Waals surface area contributed by atoms with Gasteiger partial charge in [0.05, 0.1) is 13.5 Å². The van der Waals surface area contributed by atoms with Gasteiger partial charge in [0.25, 0.3) is 0 Å². The molecule has 0 saturated heterocycles. The third-order valence-corrected chi connectivity index (χ3v) is 3.03. The molecule has 114 valence electrons. The lowest BCUT2D eigenvalue weighted by Gasteiger charge is -2.20. The molecule has 1 aromatic rings. The zero-order valence-electron chi connectivity index (χ0n) is 12.5. The number of carbonyl (C=O) groups excluding carboxylic acids is 3. The Bertz CT molecular complexity index is 511. The lowest BCUT2D eigenvalue weighted by Crippen LogP contribution is -2.36. The van der Waals surface area contributed by atoms with Gasteiger partial charge in [0.1, 0.15) is 0 Å². The predicted octanol–water partition coefficient (Wildman–Crippen LogP) is 2.31. The van der Waals surface area contributed by atoms with E-state index in [-0.39, 0.29) is 24.2 Å². The van der Waals surface area contributed by atoms with Gasteiger partial charge in [-0.05, 0) is 38.1 Å². The van der Waals surface area contributed by atoms with Gasteiger partial charge in [0, 0.05) is 24.3 Å². The second kappa shape index (κ2) is 8.04. The number of esters is 1. The maximum absolute atomic E-state index is 12.1. The molecule has 0 unspecified atom stereocenters. The number of benzene rings is 1. The topological polar surface area (TPSA) is 75.7 Å². The van der Waals surface area contributed by atoms with E-state index in [4.69, 9.17) is 0 Å². The second-order valence-corrected chi connectivity index (χ2v) is 4.47. The van der Waals surface area contributed by atoms with Crippen LogP contribution in [0.4, 0.5) is 10.5 Å². The minimum Gasteiger partial charge on any atom is -0.469 e. The van der Waals surface area contributed by atoms with Crippen molar-refractivity contribution in [2.24, 2.45) is 0 Å². The number of carbonyl (C=O) groups is 3. The number of nitrogens with zero attached hydrogens (tertiary/aromatic N) is 1. The molecule has 6 heteroatoms. The molecule has 0 aromatic heterocycles. The largest absolute Gasteiger partial charge is 0.469 e. The van der Waals surface area contributed by atoms with Crippen LogP contribution >= 0.6 is 0 Å². The normalized spacial score (nSPS) is 9.86. The zero-order valence-corrected chi connectivity index (χ0v) is 12.5. The number of Topliss-reactive ketones (excluding diaryl/α,β-unsaturated/α-hetero) is 1. The third-order valence-electron chi connectivity index (χ3n) is 3.03. The molecule has 1 N–H and O–H groups in total. The van der Waals surface area contributed by atoms with Gasteiger partial charge in [-0.2, -0.15) is 0 Å². The monoisotopic (exact) mass is 292 g/mol. The van der Waals surface area contributed by atoms with E-state index >= 15 is 0 Å². The van der Waals surface area contributed by atoms with E-state index in [1.165, 1.54) is 18.9 Å². The zero-order chi connectivity index (χ0) is 15.8. The molecular formula is C15H20N2O4. The van der Waals surface area contributed by atoms with Gasteiger partial charge in [-0.1, -0.05) is 0 Å². The van der Waals surface area contributed by atoms with Gasteiger partial charge in [0.2, 0.25) is 0 Å². The molecule has 6 nitrogen and oxygen atoms in total. The Kier molecular flexibility index (Phi) is 6.39. The Hall–Kier alpha value is -2.37. The number of nitrogens with one attached hydrogen (secondary N) is 1. The van der Waals surface area contributed by atoms with Crippen molar-refractivity contribution < 1.29 is 19.1 Å². The molecule has 0 aliphatic rings. The minimum absolute atomic E-state index is 0.0267. The first-order chi connectivity index (χ1) is 9.97. The summed E-state index contributed by atoms with van der Waals surface area (Å²) in [6, 6.07) is 6.36. The number of ether oxygens (including phenoxy) is 1. The average Bonchev–Trinajstić information content (AvgIpc) is 2.48. The fraction of sp³-hybridized carbons (Fsp3) is 0.400. The molecule has 1 rings (SSSR count). The van der Waals surface area contributed by atoms with E-state index in [1.54, 1.807) is 24.3 Å². The maximum atomic E-state index is 12.1. The summed E-state index contributed by atoms with van der Waals surface area (Å²) in [5.74, 6) is -0.381. The van der Waals surface area contributed by atoms with Gasteiger partial charge in [-0.25, -0.2) is 4.79 Å². The third kappa shape index (κ3) is 5.25. The molecule has 0 aliphatic heterocycles. The Morgan fingerprint density at radius 2 is 1.81 bits per heavy atom. The van der Waals surface area contributed by atoms with Crippen LogP contribution in [0.25, 0.3) is 0 Å². The van der Waals surface area contributed by atoms with Crippen molar-refractivity contribution in [3.8, 4) is 0 Å². The van der Waals surface area contributed by atoms with Crippen molar-refractivity contribution in [3.63, 3.8) is 0 Å². The first kappa shape index (κ1) is 16.7. The molecule has 0 saturated carbocycles. The second-order valence-electron chi connectivity index (χ2n) is 4.47. The van der Waals surface area contributed by atoms with Gasteiger partial charge in [-0.3, -0.25) is 9.59 Å². The number of hydrogen-bond acceptors (Lipinski definition) is 4. The summed E-state index contributed by atoms with van der Waals surface area (Å²) in [5, 5.41) is 2.72. The van der Waals surface area contributed by atoms with E-state index in [0.29, 0.717) is 24.3 Å². The molecule has 0 fully saturated rings. The number of anilines is 1. The van der Waals surface area contributed by atoms with Crippen LogP contribution in [-0.2, 0) is 9.53 Å². The molecule has 1 aromatic carbocycles. The van der Waals surface area contributed by atoms with Crippen LogP contribution in [0.5, 0.6) is 0 Å². The van der Waals surface area contributed by atoms with Crippen molar-refractivity contribution in [3.05, 3.63) is 29.8 Å². The van der Waals surface area contributed by atoms with Crippen molar-refractivity contribution in [2.75, 3.05) is 25.5 Å². The van der Waals surface area contributed by atoms with E-state index in [1.807, 2.05) is 6.92 Å². The molecular weight excluding hydrogens is 272 g/mol. The highest BCUT2D eigenvalue weighted by Gasteiger charge is 2.13. The van der Waals surface area contributed by atoms with Crippen molar-refractivity contribution >= 4 is 23.5 Å². The van der Waals surface area contributed by atoms with Crippen LogP contribution in [0.2, 0.25) is 0 Å². The summed E-state index contributed by atoms with van der Waals surface area (Å²) >= 11 is 0. The lowest BCUT2D eigenvalue weighted by atomic mass is 10.1. The number of ketones is 1. The smallest absolute Gasteiger partial charge is 0.321 e. The highest BCUT2D eigenvalue weighted by Crippen LogP contribution is 2.11. The van der Waals surface area contributed by atoms with E-state index in [2.05, 4.69) is 10.1 Å². The van der Waals surface area contributed by atoms with Crippen molar-refractivity contribution in [1.82, 2.24) is 4.90 Å². The molecule has 0 atom stereocenters. The Morgan fingerprint density at radius 1 is 1.19 bits per heavy atom. The van der Waals surface area contributed by atoms with Crippen LogP contribution < -0.4 is 5.32 Å². The predicted molar refractivity (Wildman–Crippen MR) is 79.3 cm³/mol. The molecule has 0 aliphatic carbocycles. The van der Waals surface area contributed by atoms with Crippen LogP contribution in [0.1, 0.15) is 30.6 Å². The van der Waals surface area contributed by atoms with Gasteiger partial charge in [0.15, 0.2) is 5.78 Å². The summed E-state index contributed by atoms with van der Waals surface area (Å²) in [4.78, 5) is 35.8. The Balaban J connectivity index is 2.60. The molecule has 0 spiro atoms. The van der Waals surface area contributed by atoms with Gasteiger partial charge < -0.3 is 15.0 Å². The summed E-state index contributed by atoms with van der Waals surface area (Å²) in [7, 11) is 1.31. The summed E-state index contributed by atoms with van der Waals surface area (Å²) in [6.07, 6.45) is 0.154. The fourth-order valence-electron chi connectivity index (χ4n) is 1.72. The van der Waals surface area contributed by atoms with Crippen LogP contribution in [-0.4, -0.2) is 42.9 Å². The van der Waals surface area contributed by atoms with Gasteiger partial charge >= 0.3 is 12.0 Å². The van der Waals surface area contributed by atoms with Gasteiger partial charge in [-0.15, -0.1) is 0 Å². The van der Waals surface area contributed by atoms with Crippen molar-refractivity contribution in [2.45, 2.75) is 20.3 Å². The molecule has 0 radical (unpaired) electrons. The molecule has 2 amide bonds. The molecule has 21 heavy (non-hydrogen) atoms. The standard InChI is InChI=1S/C15H20N2O4/c1-4-17(10-9-14(19)21-3)15(20)16-13-7-5-12(6-8-13)11(2)18/h5-8H,4,9-10H2,1-3H3,(H,16,20). The fourth-order valence-corrected chi connectivity index (χ4v) is 1.72. The highest BCUT2D eigenvalue weighted by molar-refractivity contribution is 5.95. The summed E-state index contributed by atoms with van der Waals surface area (Å²) in [6.45, 7) is 4.09. The first-order valence-corrected chi connectivity index (χ1v) is 6.71. The number of urea groups is 1. The Labute approximate surface area is 124 Å². The summed E-state index contributed by atoms with van der Waals surface area (Å²) in [5.41, 5.74) is 1.19. The van der Waals surface area contributed by atoms with Crippen molar-refractivity contribution in [1.29, 1.82) is 0 Å². The molecule has 0 heterocycles. The summed E-state index contributed by atoms with van der Waals surface area (Å²) < 4.78 is 4.55. The molecule has 0 bridgehead atoms. The van der Waals surface area contributed by atoms with Crippen LogP contribution in [0.3, 0.4) is 0 Å². The number of rotatable bonds is 6. The number of hydrogen-bond donors (Lipinski definition) is 1. The SMILES string of the molecule is CCN(CCC(=O)OC)C(=O)Nc1ccc(C(C)=O)cc1.